The number of carbonyl (C=O) groups excluding carboxylic acids is 2. The first-order chi connectivity index (χ1) is 9.63. The zero-order valence-corrected chi connectivity index (χ0v) is 13.2. The molecule has 5 nitrogen and oxygen atoms in total. The predicted molar refractivity (Wildman–Crippen MR) is 86.0 cm³/mol. The molecule has 0 bridgehead atoms. The Balaban J connectivity index is 0.00000220. The monoisotopic (exact) mass is 311 g/mol. The van der Waals surface area contributed by atoms with Gasteiger partial charge >= 0.3 is 0 Å². The van der Waals surface area contributed by atoms with Crippen LogP contribution in [0, 0.1) is 12.8 Å². The Hall–Kier alpha value is -1.59. The van der Waals surface area contributed by atoms with Gasteiger partial charge in [0.25, 0.3) is 5.91 Å². The number of hydrogen-bond acceptors (Lipinski definition) is 3. The van der Waals surface area contributed by atoms with Gasteiger partial charge in [0.1, 0.15) is 0 Å². The summed E-state index contributed by atoms with van der Waals surface area (Å²) in [4.78, 5) is 24.0. The Morgan fingerprint density at radius 1 is 1.24 bits per heavy atom. The number of amides is 2. The van der Waals surface area contributed by atoms with Gasteiger partial charge < -0.3 is 16.0 Å². The molecule has 0 atom stereocenters. The average Bonchev–Trinajstić information content (AvgIpc) is 2.49. The molecular weight excluding hydrogens is 290 g/mol. The topological polar surface area (TPSA) is 70.2 Å². The summed E-state index contributed by atoms with van der Waals surface area (Å²) in [6.45, 7) is 3.62. The van der Waals surface area contributed by atoms with Gasteiger partial charge in [-0.05, 0) is 50.6 Å². The summed E-state index contributed by atoms with van der Waals surface area (Å²) in [7, 11) is 1.60. The second-order valence-electron chi connectivity index (χ2n) is 5.07. The van der Waals surface area contributed by atoms with Gasteiger partial charge in [0.15, 0.2) is 0 Å². The highest BCUT2D eigenvalue weighted by molar-refractivity contribution is 5.99. The van der Waals surface area contributed by atoms with E-state index in [1.54, 1.807) is 19.2 Å². The van der Waals surface area contributed by atoms with Crippen molar-refractivity contribution in [3.8, 4) is 0 Å². The molecular formula is C15H22ClN3O2. The molecule has 3 N–H and O–H groups in total. The summed E-state index contributed by atoms with van der Waals surface area (Å²) in [6.07, 6.45) is 1.72. The van der Waals surface area contributed by atoms with Crippen LogP contribution < -0.4 is 16.0 Å². The molecule has 2 amide bonds. The summed E-state index contributed by atoms with van der Waals surface area (Å²) in [5, 5.41) is 8.80. The van der Waals surface area contributed by atoms with Crippen LogP contribution >= 0.6 is 12.4 Å². The van der Waals surface area contributed by atoms with Gasteiger partial charge in [0.2, 0.25) is 5.91 Å². The highest BCUT2D eigenvalue weighted by atomic mass is 35.5. The Morgan fingerprint density at radius 2 is 1.90 bits per heavy atom. The molecule has 1 heterocycles. The molecule has 1 aliphatic rings. The van der Waals surface area contributed by atoms with Gasteiger partial charge in [-0.25, -0.2) is 0 Å². The summed E-state index contributed by atoms with van der Waals surface area (Å²) in [5.41, 5.74) is 2.11. The SMILES string of the molecule is CNC(=O)c1cccc(NC(=O)C2CCNCC2)c1C.Cl. The molecule has 1 aromatic carbocycles. The van der Waals surface area contributed by atoms with Crippen LogP contribution in [0.15, 0.2) is 18.2 Å². The van der Waals surface area contributed by atoms with E-state index in [9.17, 15) is 9.59 Å². The van der Waals surface area contributed by atoms with Gasteiger partial charge in [0.05, 0.1) is 0 Å². The molecule has 1 fully saturated rings. The van der Waals surface area contributed by atoms with Crippen LogP contribution in [0.5, 0.6) is 0 Å². The van der Waals surface area contributed by atoms with Crippen LogP contribution in [0.2, 0.25) is 0 Å². The summed E-state index contributed by atoms with van der Waals surface area (Å²) in [5.74, 6) is -0.0385. The van der Waals surface area contributed by atoms with E-state index in [0.717, 1.165) is 37.2 Å². The first-order valence-corrected chi connectivity index (χ1v) is 6.96. The molecule has 0 aliphatic carbocycles. The Kier molecular flexibility index (Phi) is 6.65. The third-order valence-corrected chi connectivity index (χ3v) is 3.77. The summed E-state index contributed by atoms with van der Waals surface area (Å²) in [6, 6.07) is 5.38. The number of carbonyl (C=O) groups is 2. The van der Waals surface area contributed by atoms with E-state index in [-0.39, 0.29) is 30.1 Å². The number of rotatable bonds is 3. The third-order valence-electron chi connectivity index (χ3n) is 3.77. The first-order valence-electron chi connectivity index (χ1n) is 6.96. The molecule has 2 rings (SSSR count). The predicted octanol–water partition coefficient (Wildman–Crippen LogP) is 1.71. The fourth-order valence-corrected chi connectivity index (χ4v) is 2.47. The van der Waals surface area contributed by atoms with Crippen molar-refractivity contribution in [3.05, 3.63) is 29.3 Å². The fourth-order valence-electron chi connectivity index (χ4n) is 2.47. The summed E-state index contributed by atoms with van der Waals surface area (Å²) < 4.78 is 0. The van der Waals surface area contributed by atoms with Crippen molar-refractivity contribution in [1.82, 2.24) is 10.6 Å². The second kappa shape index (κ2) is 8.00. The Bertz CT molecular complexity index is 514. The minimum absolute atomic E-state index is 0. The van der Waals surface area contributed by atoms with Crippen molar-refractivity contribution in [3.63, 3.8) is 0 Å². The van der Waals surface area contributed by atoms with Crippen molar-refractivity contribution in [2.45, 2.75) is 19.8 Å². The standard InChI is InChI=1S/C15H21N3O2.ClH/c1-10-12(15(20)16-2)4-3-5-13(10)18-14(19)11-6-8-17-9-7-11;/h3-5,11,17H,6-9H2,1-2H3,(H,16,20)(H,18,19);1H. The zero-order chi connectivity index (χ0) is 14.5. The highest BCUT2D eigenvalue weighted by Crippen LogP contribution is 2.21. The van der Waals surface area contributed by atoms with E-state index >= 15 is 0 Å². The lowest BCUT2D eigenvalue weighted by Crippen LogP contribution is -2.34. The van der Waals surface area contributed by atoms with Gasteiger partial charge in [-0.3, -0.25) is 9.59 Å². The molecule has 21 heavy (non-hydrogen) atoms. The number of halogens is 1. The van der Waals surface area contributed by atoms with Crippen LogP contribution in [0.1, 0.15) is 28.8 Å². The summed E-state index contributed by atoms with van der Waals surface area (Å²) >= 11 is 0. The molecule has 1 aromatic rings. The maximum absolute atomic E-state index is 12.2. The van der Waals surface area contributed by atoms with Crippen molar-refractivity contribution < 1.29 is 9.59 Å². The van der Waals surface area contributed by atoms with Gasteiger partial charge in [-0.15, -0.1) is 12.4 Å². The lowest BCUT2D eigenvalue weighted by molar-refractivity contribution is -0.120. The van der Waals surface area contributed by atoms with Crippen LogP contribution in [0.25, 0.3) is 0 Å². The van der Waals surface area contributed by atoms with Crippen molar-refractivity contribution >= 4 is 29.9 Å². The van der Waals surface area contributed by atoms with Crippen LogP contribution in [-0.2, 0) is 4.79 Å². The van der Waals surface area contributed by atoms with Crippen LogP contribution in [-0.4, -0.2) is 32.0 Å². The van der Waals surface area contributed by atoms with Gasteiger partial charge in [-0.2, -0.15) is 0 Å². The molecule has 1 saturated heterocycles. The van der Waals surface area contributed by atoms with E-state index in [4.69, 9.17) is 0 Å². The van der Waals surface area contributed by atoms with Crippen molar-refractivity contribution in [2.75, 3.05) is 25.5 Å². The number of nitrogens with one attached hydrogen (secondary N) is 3. The Labute approximate surface area is 131 Å². The lowest BCUT2D eigenvalue weighted by Gasteiger charge is -2.22. The number of piperidine rings is 1. The third kappa shape index (κ3) is 4.19. The molecule has 0 aromatic heterocycles. The fraction of sp³-hybridized carbons (Fsp3) is 0.467. The van der Waals surface area contributed by atoms with Crippen LogP contribution in [0.4, 0.5) is 5.69 Å². The van der Waals surface area contributed by atoms with Crippen molar-refractivity contribution in [2.24, 2.45) is 5.92 Å². The maximum atomic E-state index is 12.2. The molecule has 0 spiro atoms. The molecule has 6 heteroatoms. The number of anilines is 1. The van der Waals surface area contributed by atoms with E-state index in [2.05, 4.69) is 16.0 Å². The first kappa shape index (κ1) is 17.5. The Morgan fingerprint density at radius 3 is 2.52 bits per heavy atom. The quantitative estimate of drug-likeness (QED) is 0.796. The smallest absolute Gasteiger partial charge is 0.251 e. The highest BCUT2D eigenvalue weighted by Gasteiger charge is 2.21. The van der Waals surface area contributed by atoms with Gasteiger partial charge in [-0.1, -0.05) is 6.07 Å². The van der Waals surface area contributed by atoms with E-state index in [1.165, 1.54) is 0 Å². The van der Waals surface area contributed by atoms with Crippen LogP contribution in [0.3, 0.4) is 0 Å². The minimum atomic E-state index is -0.138. The zero-order valence-electron chi connectivity index (χ0n) is 12.4. The minimum Gasteiger partial charge on any atom is -0.355 e. The van der Waals surface area contributed by atoms with E-state index in [0.29, 0.717) is 5.56 Å². The maximum Gasteiger partial charge on any atom is 0.251 e. The van der Waals surface area contributed by atoms with Crippen molar-refractivity contribution in [1.29, 1.82) is 0 Å². The van der Waals surface area contributed by atoms with E-state index in [1.807, 2.05) is 13.0 Å². The molecule has 0 saturated carbocycles. The number of benzene rings is 1. The second-order valence-corrected chi connectivity index (χ2v) is 5.07. The lowest BCUT2D eigenvalue weighted by atomic mass is 9.96. The van der Waals surface area contributed by atoms with E-state index < -0.39 is 0 Å². The number of hydrogen-bond donors (Lipinski definition) is 3. The molecule has 0 radical (unpaired) electrons. The normalized spacial score (nSPS) is 15.0. The average molecular weight is 312 g/mol. The molecule has 1 aliphatic heterocycles. The van der Waals surface area contributed by atoms with Gasteiger partial charge in [0, 0.05) is 24.2 Å². The molecule has 0 unspecified atom stereocenters. The largest absolute Gasteiger partial charge is 0.355 e. The molecule has 116 valence electrons.